The van der Waals surface area contributed by atoms with Gasteiger partial charge in [-0.2, -0.15) is 0 Å². The number of aromatic nitrogens is 1. The highest BCUT2D eigenvalue weighted by atomic mass is 79.9. The molecule has 0 fully saturated rings. The van der Waals surface area contributed by atoms with Gasteiger partial charge in [-0.1, -0.05) is 15.9 Å². The zero-order valence-corrected chi connectivity index (χ0v) is 16.3. The molecule has 6 heteroatoms. The lowest BCUT2D eigenvalue weighted by molar-refractivity contribution is -0.139. The maximum atomic E-state index is 13.1. The van der Waals surface area contributed by atoms with Crippen molar-refractivity contribution in [1.29, 1.82) is 0 Å². The SMILES string of the molecule is COC(=O)Cc1c(C)n(C(=O)c2ccc(Br)cc2)c2ccc(OC)cc12. The lowest BCUT2D eigenvalue weighted by Crippen LogP contribution is -2.14. The van der Waals surface area contributed by atoms with Crippen LogP contribution in [0.4, 0.5) is 0 Å². The van der Waals surface area contributed by atoms with Gasteiger partial charge in [-0.05, 0) is 55.0 Å². The third-order valence-electron chi connectivity index (χ3n) is 4.38. The zero-order valence-electron chi connectivity index (χ0n) is 14.7. The number of nitrogens with zero attached hydrogens (tertiary/aromatic N) is 1. The molecule has 134 valence electrons. The van der Waals surface area contributed by atoms with Crippen LogP contribution >= 0.6 is 15.9 Å². The van der Waals surface area contributed by atoms with Crippen molar-refractivity contribution in [1.82, 2.24) is 4.57 Å². The van der Waals surface area contributed by atoms with Gasteiger partial charge in [0, 0.05) is 21.1 Å². The molecule has 0 N–H and O–H groups in total. The molecule has 2 aromatic carbocycles. The molecule has 0 spiro atoms. The summed E-state index contributed by atoms with van der Waals surface area (Å²) >= 11 is 3.38. The highest BCUT2D eigenvalue weighted by molar-refractivity contribution is 9.10. The summed E-state index contributed by atoms with van der Waals surface area (Å²) in [4.78, 5) is 25.0. The number of benzene rings is 2. The second-order valence-corrected chi connectivity index (χ2v) is 6.76. The Bertz CT molecular complexity index is 989. The molecule has 0 atom stereocenters. The molecule has 3 aromatic rings. The molecule has 0 aliphatic carbocycles. The molecule has 26 heavy (non-hydrogen) atoms. The van der Waals surface area contributed by atoms with Crippen molar-refractivity contribution < 1.29 is 19.1 Å². The summed E-state index contributed by atoms with van der Waals surface area (Å²) in [5.41, 5.74) is 2.77. The van der Waals surface area contributed by atoms with Crippen molar-refractivity contribution in [2.24, 2.45) is 0 Å². The van der Waals surface area contributed by atoms with Gasteiger partial charge in [0.15, 0.2) is 0 Å². The second kappa shape index (κ2) is 7.33. The van der Waals surface area contributed by atoms with Crippen molar-refractivity contribution in [3.63, 3.8) is 0 Å². The van der Waals surface area contributed by atoms with Crippen LogP contribution in [0.5, 0.6) is 5.75 Å². The van der Waals surface area contributed by atoms with Crippen molar-refractivity contribution in [2.45, 2.75) is 13.3 Å². The Morgan fingerprint density at radius 3 is 2.38 bits per heavy atom. The van der Waals surface area contributed by atoms with E-state index in [0.29, 0.717) is 17.0 Å². The van der Waals surface area contributed by atoms with Crippen molar-refractivity contribution in [3.05, 3.63) is 63.8 Å². The summed E-state index contributed by atoms with van der Waals surface area (Å²) in [6.45, 7) is 1.83. The summed E-state index contributed by atoms with van der Waals surface area (Å²) in [5.74, 6) is 0.157. The van der Waals surface area contributed by atoms with Crippen molar-refractivity contribution in [2.75, 3.05) is 14.2 Å². The third-order valence-corrected chi connectivity index (χ3v) is 4.91. The first-order chi connectivity index (χ1) is 12.5. The van der Waals surface area contributed by atoms with Crippen LogP contribution in [0.15, 0.2) is 46.9 Å². The number of fused-ring (bicyclic) bond motifs is 1. The van der Waals surface area contributed by atoms with E-state index in [1.54, 1.807) is 29.9 Å². The first-order valence-corrected chi connectivity index (χ1v) is 8.80. The van der Waals surface area contributed by atoms with E-state index in [1.165, 1.54) is 7.11 Å². The summed E-state index contributed by atoms with van der Waals surface area (Å²) in [7, 11) is 2.93. The van der Waals surface area contributed by atoms with Crippen LogP contribution in [0.1, 0.15) is 21.6 Å². The van der Waals surface area contributed by atoms with Crippen molar-refractivity contribution in [3.8, 4) is 5.75 Å². The van der Waals surface area contributed by atoms with Crippen LogP contribution < -0.4 is 4.74 Å². The molecule has 0 amide bonds. The smallest absolute Gasteiger partial charge is 0.310 e. The molecule has 0 saturated heterocycles. The lowest BCUT2D eigenvalue weighted by atomic mass is 10.1. The predicted molar refractivity (Wildman–Crippen MR) is 103 cm³/mol. The predicted octanol–water partition coefficient (Wildman–Crippen LogP) is 4.12. The molecule has 0 aliphatic heterocycles. The van der Waals surface area contributed by atoms with Gasteiger partial charge in [-0.3, -0.25) is 14.2 Å². The molecule has 1 aromatic heterocycles. The number of ether oxygens (including phenoxy) is 2. The van der Waals surface area contributed by atoms with E-state index in [-0.39, 0.29) is 18.3 Å². The fourth-order valence-corrected chi connectivity index (χ4v) is 3.28. The number of carbonyl (C=O) groups is 2. The van der Waals surface area contributed by atoms with Gasteiger partial charge in [0.2, 0.25) is 0 Å². The minimum atomic E-state index is -0.355. The first-order valence-electron chi connectivity index (χ1n) is 8.01. The highest BCUT2D eigenvalue weighted by Crippen LogP contribution is 2.31. The Hall–Kier alpha value is -2.60. The van der Waals surface area contributed by atoms with E-state index in [0.717, 1.165) is 20.9 Å². The third kappa shape index (κ3) is 3.24. The Labute approximate surface area is 159 Å². The van der Waals surface area contributed by atoms with Crippen LogP contribution in [0.25, 0.3) is 10.9 Å². The van der Waals surface area contributed by atoms with Crippen molar-refractivity contribution >= 4 is 38.7 Å². The quantitative estimate of drug-likeness (QED) is 0.601. The van der Waals surface area contributed by atoms with E-state index in [2.05, 4.69) is 15.9 Å². The average molecular weight is 416 g/mol. The summed E-state index contributed by atoms with van der Waals surface area (Å²) in [5, 5.41) is 0.803. The molecule has 0 aliphatic rings. The first kappa shape index (κ1) is 18.2. The number of halogens is 1. The molecule has 0 radical (unpaired) electrons. The minimum Gasteiger partial charge on any atom is -0.497 e. The minimum absolute atomic E-state index is 0.0899. The van der Waals surface area contributed by atoms with Crippen LogP contribution in [0.3, 0.4) is 0 Å². The number of rotatable bonds is 4. The maximum Gasteiger partial charge on any atom is 0.310 e. The Balaban J connectivity index is 2.21. The molecule has 5 nitrogen and oxygen atoms in total. The number of methoxy groups -OCH3 is 2. The van der Waals surface area contributed by atoms with E-state index in [1.807, 2.05) is 31.2 Å². The largest absolute Gasteiger partial charge is 0.497 e. The second-order valence-electron chi connectivity index (χ2n) is 5.85. The van der Waals surface area contributed by atoms with Gasteiger partial charge < -0.3 is 9.47 Å². The molecule has 0 unspecified atom stereocenters. The van der Waals surface area contributed by atoms with Crippen LogP contribution in [0, 0.1) is 6.92 Å². The van der Waals surface area contributed by atoms with Gasteiger partial charge >= 0.3 is 5.97 Å². The fraction of sp³-hybridized carbons (Fsp3) is 0.200. The van der Waals surface area contributed by atoms with Crippen LogP contribution in [-0.4, -0.2) is 30.7 Å². The van der Waals surface area contributed by atoms with Gasteiger partial charge in [-0.25, -0.2) is 0 Å². The van der Waals surface area contributed by atoms with E-state index < -0.39 is 0 Å². The Kier molecular flexibility index (Phi) is 5.13. The highest BCUT2D eigenvalue weighted by Gasteiger charge is 2.22. The van der Waals surface area contributed by atoms with E-state index in [9.17, 15) is 9.59 Å². The van der Waals surface area contributed by atoms with Gasteiger partial charge in [0.25, 0.3) is 5.91 Å². The number of hydrogen-bond acceptors (Lipinski definition) is 4. The standard InChI is InChI=1S/C20H18BrNO4/c1-12-16(11-19(23)26-3)17-10-15(25-2)8-9-18(17)22(12)20(24)13-4-6-14(21)7-5-13/h4-10H,11H2,1-3H3. The molecule has 3 rings (SSSR count). The molecule has 1 heterocycles. The monoisotopic (exact) mass is 415 g/mol. The molecular formula is C20H18BrNO4. The maximum absolute atomic E-state index is 13.1. The van der Waals surface area contributed by atoms with Gasteiger partial charge in [0.05, 0.1) is 26.2 Å². The van der Waals surface area contributed by atoms with Crippen LogP contribution in [-0.2, 0) is 16.0 Å². The molecule has 0 saturated carbocycles. The Morgan fingerprint density at radius 2 is 1.77 bits per heavy atom. The average Bonchev–Trinajstić information content (AvgIpc) is 2.92. The number of carbonyl (C=O) groups excluding carboxylic acids is 2. The van der Waals surface area contributed by atoms with E-state index >= 15 is 0 Å². The van der Waals surface area contributed by atoms with Gasteiger partial charge in [-0.15, -0.1) is 0 Å². The van der Waals surface area contributed by atoms with Crippen LogP contribution in [0.2, 0.25) is 0 Å². The fourth-order valence-electron chi connectivity index (χ4n) is 3.01. The zero-order chi connectivity index (χ0) is 18.8. The van der Waals surface area contributed by atoms with E-state index in [4.69, 9.17) is 9.47 Å². The summed E-state index contributed by atoms with van der Waals surface area (Å²) in [6.07, 6.45) is 0.0899. The molecular weight excluding hydrogens is 398 g/mol. The topological polar surface area (TPSA) is 57.5 Å². The normalized spacial score (nSPS) is 10.8. The number of esters is 1. The Morgan fingerprint density at radius 1 is 1.08 bits per heavy atom. The molecule has 0 bridgehead atoms. The van der Waals surface area contributed by atoms with Gasteiger partial charge in [0.1, 0.15) is 5.75 Å². The summed E-state index contributed by atoms with van der Waals surface area (Å²) in [6, 6.07) is 12.7. The summed E-state index contributed by atoms with van der Waals surface area (Å²) < 4.78 is 12.7. The lowest BCUT2D eigenvalue weighted by Gasteiger charge is -2.08. The number of hydrogen-bond donors (Lipinski definition) is 0.